The molecular weight excluding hydrogens is 272 g/mol. The molecule has 1 fully saturated rings. The molecule has 1 aliphatic rings. The van der Waals surface area contributed by atoms with Crippen LogP contribution in [0, 0.1) is 0 Å². The van der Waals surface area contributed by atoms with Gasteiger partial charge in [-0.2, -0.15) is 0 Å². The number of thiazole rings is 1. The molecule has 5 nitrogen and oxygen atoms in total. The third-order valence-electron chi connectivity index (χ3n) is 2.60. The summed E-state index contributed by atoms with van der Waals surface area (Å²) in [5.41, 5.74) is -0.873. The van der Waals surface area contributed by atoms with Gasteiger partial charge in [-0.05, 0) is 19.3 Å². The van der Waals surface area contributed by atoms with Crippen molar-refractivity contribution in [3.63, 3.8) is 0 Å². The van der Waals surface area contributed by atoms with E-state index in [1.165, 1.54) is 6.20 Å². The van der Waals surface area contributed by atoms with Gasteiger partial charge in [0.15, 0.2) is 8.68 Å². The van der Waals surface area contributed by atoms with Crippen molar-refractivity contribution < 1.29 is 13.5 Å². The van der Waals surface area contributed by atoms with Crippen LogP contribution in [0.3, 0.4) is 0 Å². The lowest BCUT2D eigenvalue weighted by Crippen LogP contribution is -2.47. The van der Waals surface area contributed by atoms with E-state index in [2.05, 4.69) is 9.71 Å². The van der Waals surface area contributed by atoms with E-state index in [1.807, 2.05) is 0 Å². The third kappa shape index (κ3) is 2.54. The predicted octanol–water partition coefficient (Wildman–Crippen LogP) is 0.990. The van der Waals surface area contributed by atoms with Crippen LogP contribution in [-0.4, -0.2) is 30.7 Å². The molecule has 0 amide bonds. The molecule has 0 unspecified atom stereocenters. The van der Waals surface area contributed by atoms with E-state index in [0.717, 1.165) is 17.8 Å². The van der Waals surface area contributed by atoms with Gasteiger partial charge in [0.1, 0.15) is 0 Å². The van der Waals surface area contributed by atoms with E-state index < -0.39 is 15.6 Å². The zero-order chi connectivity index (χ0) is 11.8. The van der Waals surface area contributed by atoms with Gasteiger partial charge in [0.05, 0.1) is 11.8 Å². The Morgan fingerprint density at radius 2 is 2.31 bits per heavy atom. The van der Waals surface area contributed by atoms with Gasteiger partial charge in [-0.1, -0.05) is 22.9 Å². The number of aliphatic hydroxyl groups is 1. The molecule has 0 saturated heterocycles. The molecule has 1 aliphatic carbocycles. The molecular formula is C8H11ClN2O3S2. The maximum Gasteiger partial charge on any atom is 0.251 e. The van der Waals surface area contributed by atoms with Crippen molar-refractivity contribution in [1.82, 2.24) is 9.71 Å². The first-order chi connectivity index (χ1) is 7.41. The average molecular weight is 283 g/mol. The Bertz CT molecular complexity index is 481. The second-order valence-corrected chi connectivity index (χ2v) is 7.44. The van der Waals surface area contributed by atoms with Gasteiger partial charge in [-0.25, -0.2) is 18.1 Å². The second-order valence-electron chi connectivity index (χ2n) is 3.83. The highest BCUT2D eigenvalue weighted by Gasteiger charge is 2.35. The largest absolute Gasteiger partial charge is 0.389 e. The van der Waals surface area contributed by atoms with E-state index >= 15 is 0 Å². The van der Waals surface area contributed by atoms with Gasteiger partial charge in [0.2, 0.25) is 0 Å². The first-order valence-corrected chi connectivity index (χ1v) is 7.42. The Hall–Kier alpha value is -0.210. The van der Waals surface area contributed by atoms with Gasteiger partial charge in [-0.3, -0.25) is 0 Å². The van der Waals surface area contributed by atoms with Crippen LogP contribution in [-0.2, 0) is 10.0 Å². The molecule has 1 saturated carbocycles. The maximum absolute atomic E-state index is 11.7. The van der Waals surface area contributed by atoms with Gasteiger partial charge >= 0.3 is 0 Å². The van der Waals surface area contributed by atoms with Gasteiger partial charge < -0.3 is 5.11 Å². The summed E-state index contributed by atoms with van der Waals surface area (Å²) < 4.78 is 26.1. The van der Waals surface area contributed by atoms with Crippen molar-refractivity contribution in [1.29, 1.82) is 0 Å². The van der Waals surface area contributed by atoms with Crippen LogP contribution in [0.2, 0.25) is 4.47 Å². The average Bonchev–Trinajstić information content (AvgIpc) is 2.60. The topological polar surface area (TPSA) is 79.3 Å². The molecule has 90 valence electrons. The number of rotatable bonds is 4. The van der Waals surface area contributed by atoms with Crippen molar-refractivity contribution in [2.75, 3.05) is 6.54 Å². The van der Waals surface area contributed by atoms with Crippen molar-refractivity contribution in [2.45, 2.75) is 29.1 Å². The fraction of sp³-hybridized carbons (Fsp3) is 0.625. The fourth-order valence-corrected chi connectivity index (χ4v) is 3.88. The van der Waals surface area contributed by atoms with Gasteiger partial charge in [0, 0.05) is 6.54 Å². The van der Waals surface area contributed by atoms with Gasteiger partial charge in [-0.15, -0.1) is 0 Å². The van der Waals surface area contributed by atoms with Crippen molar-refractivity contribution in [2.24, 2.45) is 0 Å². The molecule has 16 heavy (non-hydrogen) atoms. The number of aromatic nitrogens is 1. The smallest absolute Gasteiger partial charge is 0.251 e. The standard InChI is InChI=1S/C8H11ClN2O3S2/c9-7-10-4-6(15-7)16(13,14)11-5-8(12)2-1-3-8/h4,11-12H,1-3,5H2. The fourth-order valence-electron chi connectivity index (χ4n) is 1.43. The molecule has 0 bridgehead atoms. The lowest BCUT2D eigenvalue weighted by atomic mass is 9.81. The molecule has 1 aromatic rings. The third-order valence-corrected chi connectivity index (χ3v) is 5.57. The van der Waals surface area contributed by atoms with E-state index in [1.54, 1.807) is 0 Å². The Labute approximate surface area is 103 Å². The minimum Gasteiger partial charge on any atom is -0.389 e. The molecule has 0 atom stereocenters. The van der Waals surface area contributed by atoms with Crippen LogP contribution in [0.5, 0.6) is 0 Å². The first-order valence-electron chi connectivity index (χ1n) is 4.75. The molecule has 8 heteroatoms. The summed E-state index contributed by atoms with van der Waals surface area (Å²) in [7, 11) is -3.59. The zero-order valence-electron chi connectivity index (χ0n) is 8.31. The van der Waals surface area contributed by atoms with Gasteiger partial charge in [0.25, 0.3) is 10.0 Å². The highest BCUT2D eigenvalue weighted by molar-refractivity contribution is 7.91. The maximum atomic E-state index is 11.7. The van der Waals surface area contributed by atoms with Crippen molar-refractivity contribution >= 4 is 33.0 Å². The summed E-state index contributed by atoms with van der Waals surface area (Å²) in [4.78, 5) is 3.66. The molecule has 2 rings (SSSR count). The number of nitrogens with zero attached hydrogens (tertiary/aromatic N) is 1. The van der Waals surface area contributed by atoms with Crippen LogP contribution >= 0.6 is 22.9 Å². The summed E-state index contributed by atoms with van der Waals surface area (Å²) in [6.07, 6.45) is 3.42. The normalized spacial score (nSPS) is 19.4. The van der Waals surface area contributed by atoms with E-state index in [9.17, 15) is 13.5 Å². The predicted molar refractivity (Wildman–Crippen MR) is 61.1 cm³/mol. The Balaban J connectivity index is 2.03. The lowest BCUT2D eigenvalue weighted by Gasteiger charge is -2.36. The van der Waals surface area contributed by atoms with E-state index in [4.69, 9.17) is 11.6 Å². The number of halogens is 1. The monoisotopic (exact) mass is 282 g/mol. The summed E-state index contributed by atoms with van der Waals surface area (Å²) in [5, 5.41) is 9.76. The van der Waals surface area contributed by atoms with Crippen molar-refractivity contribution in [3.8, 4) is 0 Å². The summed E-state index contributed by atoms with van der Waals surface area (Å²) in [6.45, 7) is 0.0465. The van der Waals surface area contributed by atoms with Crippen LogP contribution in [0.25, 0.3) is 0 Å². The molecule has 1 heterocycles. The molecule has 0 spiro atoms. The SMILES string of the molecule is O=S(=O)(NCC1(O)CCC1)c1cnc(Cl)s1. The number of hydrogen-bond acceptors (Lipinski definition) is 5. The summed E-state index contributed by atoms with van der Waals surface area (Å²) in [5.74, 6) is 0. The molecule has 1 aromatic heterocycles. The number of sulfonamides is 1. The number of nitrogens with one attached hydrogen (secondary N) is 1. The van der Waals surface area contributed by atoms with E-state index in [0.29, 0.717) is 12.8 Å². The Kier molecular flexibility index (Phi) is 3.24. The minimum atomic E-state index is -3.59. The molecule has 0 radical (unpaired) electrons. The molecule has 0 aromatic carbocycles. The quantitative estimate of drug-likeness (QED) is 0.863. The van der Waals surface area contributed by atoms with Crippen LogP contribution in [0.4, 0.5) is 0 Å². The minimum absolute atomic E-state index is 0.0465. The van der Waals surface area contributed by atoms with Crippen LogP contribution < -0.4 is 4.72 Å². The number of hydrogen-bond donors (Lipinski definition) is 2. The zero-order valence-corrected chi connectivity index (χ0v) is 10.7. The highest BCUT2D eigenvalue weighted by Crippen LogP contribution is 2.31. The lowest BCUT2D eigenvalue weighted by molar-refractivity contribution is -0.0270. The second kappa shape index (κ2) is 4.23. The van der Waals surface area contributed by atoms with Crippen LogP contribution in [0.1, 0.15) is 19.3 Å². The molecule has 0 aliphatic heterocycles. The Morgan fingerprint density at radius 3 is 2.75 bits per heavy atom. The highest BCUT2D eigenvalue weighted by atomic mass is 35.5. The summed E-state index contributed by atoms with van der Waals surface area (Å²) >= 11 is 6.45. The first kappa shape index (κ1) is 12.3. The molecule has 2 N–H and O–H groups in total. The van der Waals surface area contributed by atoms with E-state index in [-0.39, 0.29) is 15.2 Å². The summed E-state index contributed by atoms with van der Waals surface area (Å²) in [6, 6.07) is 0. The Morgan fingerprint density at radius 1 is 1.62 bits per heavy atom. The van der Waals surface area contributed by atoms with Crippen molar-refractivity contribution in [3.05, 3.63) is 10.7 Å². The van der Waals surface area contributed by atoms with Crippen LogP contribution in [0.15, 0.2) is 10.4 Å².